The highest BCUT2D eigenvalue weighted by molar-refractivity contribution is 9.10. The Kier molecular flexibility index (Phi) is 4.58. The van der Waals surface area contributed by atoms with Crippen LogP contribution in [0.5, 0.6) is 5.75 Å². The van der Waals surface area contributed by atoms with Crippen LogP contribution in [0.25, 0.3) is 0 Å². The first kappa shape index (κ1) is 15.2. The SMILES string of the molecule is CC(CO)(Nc1ccc(Cl)c(Br)c1)c1cccc(O)c1. The van der Waals surface area contributed by atoms with Gasteiger partial charge >= 0.3 is 0 Å². The Hall–Kier alpha value is -1.23. The molecule has 3 N–H and O–H groups in total. The summed E-state index contributed by atoms with van der Waals surface area (Å²) in [6.45, 7) is 1.75. The molecular weight excluding hydrogens is 342 g/mol. The van der Waals surface area contributed by atoms with Gasteiger partial charge in [0.2, 0.25) is 0 Å². The van der Waals surface area contributed by atoms with Gasteiger partial charge in [0.25, 0.3) is 0 Å². The zero-order chi connectivity index (χ0) is 14.8. The van der Waals surface area contributed by atoms with Gasteiger partial charge in [0, 0.05) is 10.2 Å². The molecule has 1 atom stereocenters. The maximum absolute atomic E-state index is 9.73. The second-order valence-electron chi connectivity index (χ2n) is 4.79. The van der Waals surface area contributed by atoms with Crippen LogP contribution in [-0.2, 0) is 5.54 Å². The molecule has 2 rings (SSSR count). The van der Waals surface area contributed by atoms with Crippen molar-refractivity contribution < 1.29 is 10.2 Å². The van der Waals surface area contributed by atoms with E-state index in [4.69, 9.17) is 11.6 Å². The van der Waals surface area contributed by atoms with E-state index < -0.39 is 5.54 Å². The van der Waals surface area contributed by atoms with Crippen molar-refractivity contribution in [2.24, 2.45) is 0 Å². The molecule has 2 aromatic carbocycles. The lowest BCUT2D eigenvalue weighted by atomic mass is 9.92. The first-order chi connectivity index (χ1) is 9.44. The number of nitrogens with one attached hydrogen (secondary N) is 1. The molecule has 0 radical (unpaired) electrons. The Bertz CT molecular complexity index is 621. The van der Waals surface area contributed by atoms with E-state index in [1.807, 2.05) is 25.1 Å². The van der Waals surface area contributed by atoms with Crippen LogP contribution in [0, 0.1) is 0 Å². The normalized spacial score (nSPS) is 13.8. The lowest BCUT2D eigenvalue weighted by molar-refractivity contribution is 0.224. The fourth-order valence-corrected chi connectivity index (χ4v) is 2.44. The van der Waals surface area contributed by atoms with Gasteiger partial charge in [0.05, 0.1) is 17.2 Å². The third-order valence-corrected chi connectivity index (χ3v) is 4.35. The average molecular weight is 357 g/mol. The third kappa shape index (κ3) is 3.26. The Morgan fingerprint density at radius 1 is 1.25 bits per heavy atom. The molecule has 5 heteroatoms. The Morgan fingerprint density at radius 2 is 2.00 bits per heavy atom. The van der Waals surface area contributed by atoms with Gasteiger partial charge < -0.3 is 15.5 Å². The molecule has 1 unspecified atom stereocenters. The molecular formula is C15H15BrClNO2. The third-order valence-electron chi connectivity index (χ3n) is 3.14. The van der Waals surface area contributed by atoms with Crippen molar-refractivity contribution >= 4 is 33.2 Å². The van der Waals surface area contributed by atoms with Gasteiger partial charge in [0.15, 0.2) is 0 Å². The molecule has 0 spiro atoms. The molecule has 2 aromatic rings. The number of aliphatic hydroxyl groups excluding tert-OH is 1. The lowest BCUT2D eigenvalue weighted by Gasteiger charge is -2.30. The molecule has 0 saturated carbocycles. The maximum Gasteiger partial charge on any atom is 0.115 e. The van der Waals surface area contributed by atoms with Crippen LogP contribution < -0.4 is 5.32 Å². The molecule has 0 fully saturated rings. The lowest BCUT2D eigenvalue weighted by Crippen LogP contribution is -2.35. The van der Waals surface area contributed by atoms with E-state index in [-0.39, 0.29) is 12.4 Å². The summed E-state index contributed by atoms with van der Waals surface area (Å²) < 4.78 is 0.778. The number of phenols is 1. The van der Waals surface area contributed by atoms with Gasteiger partial charge in [0.1, 0.15) is 5.75 Å². The van der Waals surface area contributed by atoms with Crippen LogP contribution in [0.15, 0.2) is 46.9 Å². The number of halogens is 2. The standard InChI is InChI=1S/C15H15BrClNO2/c1-15(9-19,10-3-2-4-12(20)7-10)18-11-5-6-14(17)13(16)8-11/h2-8,18-20H,9H2,1H3. The van der Waals surface area contributed by atoms with Crippen molar-refractivity contribution in [2.45, 2.75) is 12.5 Å². The number of benzene rings is 2. The van der Waals surface area contributed by atoms with Crippen molar-refractivity contribution in [2.75, 3.05) is 11.9 Å². The highest BCUT2D eigenvalue weighted by Gasteiger charge is 2.26. The minimum Gasteiger partial charge on any atom is -0.508 e. The van der Waals surface area contributed by atoms with E-state index in [1.54, 1.807) is 24.3 Å². The predicted octanol–water partition coefficient (Wildman–Crippen LogP) is 4.13. The Balaban J connectivity index is 2.33. The van der Waals surface area contributed by atoms with Crippen LogP contribution in [-0.4, -0.2) is 16.8 Å². The minimum absolute atomic E-state index is 0.114. The van der Waals surface area contributed by atoms with Crippen molar-refractivity contribution in [1.29, 1.82) is 0 Å². The topological polar surface area (TPSA) is 52.5 Å². The van der Waals surface area contributed by atoms with E-state index in [2.05, 4.69) is 21.2 Å². The summed E-state index contributed by atoms with van der Waals surface area (Å²) in [5.74, 6) is 0.168. The summed E-state index contributed by atoms with van der Waals surface area (Å²) in [7, 11) is 0. The number of hydrogen-bond acceptors (Lipinski definition) is 3. The molecule has 0 aliphatic rings. The molecule has 106 valence electrons. The zero-order valence-electron chi connectivity index (χ0n) is 10.9. The summed E-state index contributed by atoms with van der Waals surface area (Å²) >= 11 is 9.34. The predicted molar refractivity (Wildman–Crippen MR) is 85.3 cm³/mol. The van der Waals surface area contributed by atoms with Gasteiger partial charge in [-0.2, -0.15) is 0 Å². The minimum atomic E-state index is -0.702. The maximum atomic E-state index is 9.73. The van der Waals surface area contributed by atoms with E-state index in [0.717, 1.165) is 15.7 Å². The van der Waals surface area contributed by atoms with Crippen LogP contribution >= 0.6 is 27.5 Å². The smallest absolute Gasteiger partial charge is 0.115 e. The highest BCUT2D eigenvalue weighted by Crippen LogP contribution is 2.31. The fraction of sp³-hybridized carbons (Fsp3) is 0.200. The summed E-state index contributed by atoms with van der Waals surface area (Å²) in [4.78, 5) is 0. The molecule has 0 amide bonds. The number of phenolic OH excluding ortho intramolecular Hbond substituents is 1. The van der Waals surface area contributed by atoms with Gasteiger partial charge in [-0.3, -0.25) is 0 Å². The second kappa shape index (κ2) is 6.04. The van der Waals surface area contributed by atoms with Gasteiger partial charge in [-0.05, 0) is 58.7 Å². The second-order valence-corrected chi connectivity index (χ2v) is 6.06. The monoisotopic (exact) mass is 355 g/mol. The van der Waals surface area contributed by atoms with Crippen LogP contribution in [0.3, 0.4) is 0 Å². The Labute approximate surface area is 131 Å². The van der Waals surface area contributed by atoms with Gasteiger partial charge in [-0.1, -0.05) is 23.7 Å². The molecule has 0 saturated heterocycles. The number of aliphatic hydroxyl groups is 1. The summed E-state index contributed by atoms with van der Waals surface area (Å²) in [6, 6.07) is 12.3. The first-order valence-corrected chi connectivity index (χ1v) is 7.25. The fourth-order valence-electron chi connectivity index (χ4n) is 1.94. The number of hydrogen-bond donors (Lipinski definition) is 3. The van der Waals surface area contributed by atoms with Crippen molar-refractivity contribution in [3.05, 3.63) is 57.5 Å². The first-order valence-electron chi connectivity index (χ1n) is 6.08. The van der Waals surface area contributed by atoms with E-state index in [0.29, 0.717) is 5.02 Å². The quantitative estimate of drug-likeness (QED) is 0.772. The molecule has 0 bridgehead atoms. The largest absolute Gasteiger partial charge is 0.508 e. The average Bonchev–Trinajstić information content (AvgIpc) is 2.43. The molecule has 0 aliphatic carbocycles. The zero-order valence-corrected chi connectivity index (χ0v) is 13.2. The Morgan fingerprint density at radius 3 is 2.60 bits per heavy atom. The van der Waals surface area contributed by atoms with Crippen molar-refractivity contribution in [1.82, 2.24) is 0 Å². The van der Waals surface area contributed by atoms with E-state index in [9.17, 15) is 10.2 Å². The summed E-state index contributed by atoms with van der Waals surface area (Å²) in [6.07, 6.45) is 0. The van der Waals surface area contributed by atoms with Gasteiger partial charge in [-0.25, -0.2) is 0 Å². The summed E-state index contributed by atoms with van der Waals surface area (Å²) in [5.41, 5.74) is 0.915. The molecule has 3 nitrogen and oxygen atoms in total. The van der Waals surface area contributed by atoms with Crippen LogP contribution in [0.4, 0.5) is 5.69 Å². The number of aromatic hydroxyl groups is 1. The molecule has 20 heavy (non-hydrogen) atoms. The summed E-state index contributed by atoms with van der Waals surface area (Å²) in [5, 5.41) is 23.2. The molecule has 0 aromatic heterocycles. The van der Waals surface area contributed by atoms with Crippen LogP contribution in [0.2, 0.25) is 5.02 Å². The van der Waals surface area contributed by atoms with Crippen molar-refractivity contribution in [3.63, 3.8) is 0 Å². The molecule has 0 heterocycles. The van der Waals surface area contributed by atoms with E-state index >= 15 is 0 Å². The molecule has 0 aliphatic heterocycles. The van der Waals surface area contributed by atoms with Crippen molar-refractivity contribution in [3.8, 4) is 5.75 Å². The van der Waals surface area contributed by atoms with E-state index in [1.165, 1.54) is 0 Å². The van der Waals surface area contributed by atoms with Gasteiger partial charge in [-0.15, -0.1) is 0 Å². The van der Waals surface area contributed by atoms with Crippen LogP contribution in [0.1, 0.15) is 12.5 Å². The number of anilines is 1. The number of rotatable bonds is 4. The highest BCUT2D eigenvalue weighted by atomic mass is 79.9.